The van der Waals surface area contributed by atoms with Crippen molar-refractivity contribution >= 4 is 57.2 Å². The Labute approximate surface area is 699 Å². The van der Waals surface area contributed by atoms with Crippen LogP contribution in [0.25, 0.3) is 101 Å². The summed E-state index contributed by atoms with van der Waals surface area (Å²) in [5.41, 5.74) is 25.1. The molecule has 16 rings (SSSR count). The second kappa shape index (κ2) is 28.8. The van der Waals surface area contributed by atoms with Crippen LogP contribution in [-0.4, -0.2) is 21.7 Å². The molecule has 0 radical (unpaired) electrons. The van der Waals surface area contributed by atoms with E-state index in [0.29, 0.717) is 11.3 Å². The maximum Gasteiger partial charge on any atom is 0.252 e. The highest BCUT2D eigenvalue weighted by atomic mass is 15.2. The first kappa shape index (κ1) is 65.9. The topological polar surface area (TPSA) is 45.2 Å². The Bertz CT molecular complexity index is 6440. The molecule has 0 aliphatic carbocycles. The molecule has 0 amide bonds. The molecule has 0 N–H and O–H groups in total. The monoisotopic (exact) mass is 1510 g/mol. The number of aromatic nitrogens is 3. The smallest absolute Gasteiger partial charge is 0.252 e. The van der Waals surface area contributed by atoms with Gasteiger partial charge in [-0.05, 0) is 192 Å². The van der Waals surface area contributed by atoms with E-state index in [9.17, 15) is 11.0 Å². The van der Waals surface area contributed by atoms with Gasteiger partial charge >= 0.3 is 0 Å². The number of benzene rings is 13. The van der Waals surface area contributed by atoms with Crippen LogP contribution in [-0.2, 0) is 37.9 Å². The Hall–Kier alpha value is -11.5. The average Bonchev–Trinajstić information content (AvgIpc) is 0.683. The molecule has 0 atom stereocenters. The lowest BCUT2D eigenvalue weighted by molar-refractivity contribution is 0.568. The molecule has 115 heavy (non-hydrogen) atoms. The van der Waals surface area contributed by atoms with Gasteiger partial charge in [-0.3, -0.25) is 0 Å². The summed E-state index contributed by atoms with van der Waals surface area (Å²) in [7, 11) is 0. The zero-order valence-corrected chi connectivity index (χ0v) is 70.7. The summed E-state index contributed by atoms with van der Waals surface area (Å²) in [6, 6.07) is 77.0. The standard InChI is InChI=1S/C109H110BN5/c1-103(2,3)80-49-37-48-74(54-80)75-50-52-91-93(59-75)114(98-87(69-38-27-22-28-39-69)65-85(108(16,17)18)66-88(98)70-40-29-23-30-41-70)95-61-79(78-57-83(106(10,11)12)64-84(58-78)107(13,14)15)62-96-97(95)110(91)92-53-51-76(77-55-81(104(4,5)6)63-82(56-77)105(7,8)9)60-94(92)115(96)99-89(71-42-31-24-32-43-71)67-86(109(19,20)21)68-90(99)102-112-100(72-44-33-25-34-45-72)111-101(113-102)73-46-35-26-36-47-73/h22-68H,1-21H3/i25D,26D,33D,34D,35D,36D,44D,45D,46D,47D. The number of nitrogens with zero attached hydrogens (tertiary/aromatic N) is 5. The van der Waals surface area contributed by atoms with Gasteiger partial charge in [0.25, 0.3) is 6.71 Å². The summed E-state index contributed by atoms with van der Waals surface area (Å²) < 4.78 is 93.4. The minimum Gasteiger partial charge on any atom is -0.310 e. The summed E-state index contributed by atoms with van der Waals surface area (Å²) in [6.07, 6.45) is 0. The zero-order valence-electron chi connectivity index (χ0n) is 80.7. The normalized spacial score (nSPS) is 14.4. The van der Waals surface area contributed by atoms with Gasteiger partial charge < -0.3 is 9.80 Å². The zero-order chi connectivity index (χ0) is 89.9. The van der Waals surface area contributed by atoms with Crippen LogP contribution in [0.2, 0.25) is 0 Å². The number of rotatable bonds is 11. The molecular formula is C109H110BN5. The van der Waals surface area contributed by atoms with Crippen molar-refractivity contribution in [3.05, 3.63) is 324 Å². The minimum atomic E-state index is -0.641. The Balaban J connectivity index is 1.18. The molecule has 0 unspecified atom stereocenters. The van der Waals surface area contributed by atoms with Crippen LogP contribution >= 0.6 is 0 Å². The van der Waals surface area contributed by atoms with Crippen LogP contribution < -0.4 is 26.2 Å². The summed E-state index contributed by atoms with van der Waals surface area (Å²) >= 11 is 0. The highest BCUT2D eigenvalue weighted by Gasteiger charge is 2.47. The van der Waals surface area contributed by atoms with Crippen molar-refractivity contribution in [3.8, 4) is 101 Å². The third kappa shape index (κ3) is 15.0. The molecule has 3 heterocycles. The van der Waals surface area contributed by atoms with E-state index in [1.165, 1.54) is 16.7 Å². The summed E-state index contributed by atoms with van der Waals surface area (Å²) in [5.74, 6) is -0.814. The van der Waals surface area contributed by atoms with Crippen molar-refractivity contribution < 1.29 is 13.7 Å². The van der Waals surface area contributed by atoms with Crippen molar-refractivity contribution in [2.45, 2.75) is 183 Å². The molecule has 0 bridgehead atoms. The number of hydrogen-bond donors (Lipinski definition) is 0. The van der Waals surface area contributed by atoms with E-state index in [4.69, 9.17) is 17.7 Å². The fourth-order valence-corrected chi connectivity index (χ4v) is 16.2. The van der Waals surface area contributed by atoms with Gasteiger partial charge in [0, 0.05) is 56.1 Å². The van der Waals surface area contributed by atoms with E-state index in [1.54, 1.807) is 0 Å². The molecular weight excluding hydrogens is 1390 g/mol. The minimum absolute atomic E-state index is 0.0684. The fraction of sp³-hybridized carbons (Fsp3) is 0.257. The van der Waals surface area contributed by atoms with Gasteiger partial charge in [0.05, 0.1) is 25.1 Å². The van der Waals surface area contributed by atoms with Crippen LogP contribution in [0.5, 0.6) is 0 Å². The van der Waals surface area contributed by atoms with E-state index in [1.807, 2.05) is 18.2 Å². The van der Waals surface area contributed by atoms with Gasteiger partial charge in [-0.15, -0.1) is 0 Å². The van der Waals surface area contributed by atoms with Crippen LogP contribution in [0, 0.1) is 0 Å². The van der Waals surface area contributed by atoms with E-state index in [-0.39, 0.29) is 61.1 Å². The number of fused-ring (bicyclic) bond motifs is 4. The summed E-state index contributed by atoms with van der Waals surface area (Å²) in [6.45, 7) is 46.9. The summed E-state index contributed by atoms with van der Waals surface area (Å²) in [5, 5.41) is 0. The van der Waals surface area contributed by atoms with Crippen LogP contribution in [0.15, 0.2) is 285 Å². The molecule has 0 fully saturated rings. The molecule has 6 heteroatoms. The second-order valence-corrected chi connectivity index (χ2v) is 38.8. The van der Waals surface area contributed by atoms with Crippen molar-refractivity contribution in [2.24, 2.45) is 0 Å². The predicted molar refractivity (Wildman–Crippen MR) is 494 cm³/mol. The van der Waals surface area contributed by atoms with E-state index >= 15 is 0 Å². The lowest BCUT2D eigenvalue weighted by atomic mass is 9.33. The van der Waals surface area contributed by atoms with Gasteiger partial charge in [-0.25, -0.2) is 15.0 Å². The first-order chi connectivity index (χ1) is 58.6. The molecule has 2 aliphatic heterocycles. The second-order valence-electron chi connectivity index (χ2n) is 38.8. The average molecular weight is 1510 g/mol. The molecule has 5 nitrogen and oxygen atoms in total. The van der Waals surface area contributed by atoms with E-state index in [2.05, 4.69) is 361 Å². The number of anilines is 6. The Morgan fingerprint density at radius 1 is 0.235 bits per heavy atom. The Morgan fingerprint density at radius 2 is 0.522 bits per heavy atom. The summed E-state index contributed by atoms with van der Waals surface area (Å²) in [4.78, 5) is 20.9. The van der Waals surface area contributed by atoms with Gasteiger partial charge in [0.1, 0.15) is 0 Å². The van der Waals surface area contributed by atoms with Gasteiger partial charge in [0.15, 0.2) is 17.5 Å². The predicted octanol–water partition coefficient (Wildman–Crippen LogP) is 28.0. The maximum absolute atomic E-state index is 9.70. The lowest BCUT2D eigenvalue weighted by Crippen LogP contribution is -2.61. The first-order valence-electron chi connectivity index (χ1n) is 45.5. The van der Waals surface area contributed by atoms with E-state index in [0.717, 1.165) is 134 Å². The molecule has 574 valence electrons. The third-order valence-electron chi connectivity index (χ3n) is 23.1. The fourth-order valence-electron chi connectivity index (χ4n) is 16.2. The Morgan fingerprint density at radius 3 is 0.896 bits per heavy atom. The molecule has 13 aromatic carbocycles. The quantitative estimate of drug-likeness (QED) is 0.121. The molecule has 1 aromatic heterocycles. The largest absolute Gasteiger partial charge is 0.310 e. The van der Waals surface area contributed by atoms with Crippen molar-refractivity contribution in [3.63, 3.8) is 0 Å². The van der Waals surface area contributed by atoms with E-state index < -0.39 is 72.6 Å². The Kier molecular flexibility index (Phi) is 16.5. The highest BCUT2D eigenvalue weighted by Crippen LogP contribution is 2.56. The van der Waals surface area contributed by atoms with Gasteiger partial charge in [0.2, 0.25) is 0 Å². The molecule has 0 spiro atoms. The third-order valence-corrected chi connectivity index (χ3v) is 23.1. The lowest BCUT2D eigenvalue weighted by Gasteiger charge is -2.46. The number of hydrogen-bond acceptors (Lipinski definition) is 5. The van der Waals surface area contributed by atoms with Crippen molar-refractivity contribution in [1.29, 1.82) is 0 Å². The van der Waals surface area contributed by atoms with Crippen molar-refractivity contribution in [2.75, 3.05) is 9.80 Å². The van der Waals surface area contributed by atoms with Gasteiger partial charge in [-0.2, -0.15) is 0 Å². The molecule has 14 aromatic rings. The van der Waals surface area contributed by atoms with Gasteiger partial charge in [-0.1, -0.05) is 382 Å². The first-order valence-corrected chi connectivity index (χ1v) is 40.5. The molecule has 0 saturated heterocycles. The highest BCUT2D eigenvalue weighted by molar-refractivity contribution is 7.00. The van der Waals surface area contributed by atoms with Crippen LogP contribution in [0.3, 0.4) is 0 Å². The maximum atomic E-state index is 9.70. The van der Waals surface area contributed by atoms with Crippen LogP contribution in [0.1, 0.15) is 198 Å². The van der Waals surface area contributed by atoms with Crippen LogP contribution in [0.4, 0.5) is 34.1 Å². The molecule has 0 saturated carbocycles. The SMILES string of the molecule is [2H]c1c([2H])c([2H])c(-c2nc(-c3cc(C(C)(C)C)cc(-c4ccccc4)c3N3c4cc(-c5cc(C(C)(C)C)cc(C(C)(C)C)c5)ccc4B4c5ccc(-c6cccc(C(C)(C)C)c6)cc5N(c5c(-c6ccccc6)cc(C(C)(C)C)cc5-c5ccccc5)c5cc(-c6cc(C(C)(C)C)cc(C(C)(C)C)c6)cc3c54)nc(-c3c([2H])c([2H])c([2H])c([2H])c3[2H])n2)c([2H])c1[2H]. The molecule has 2 aliphatic rings. The van der Waals surface area contributed by atoms with Crippen molar-refractivity contribution in [1.82, 2.24) is 15.0 Å².